The molecule has 0 radical (unpaired) electrons. The highest BCUT2D eigenvalue weighted by molar-refractivity contribution is 5.75. The fourth-order valence-corrected chi connectivity index (χ4v) is 2.99. The Morgan fingerprint density at radius 3 is 2.91 bits per heavy atom. The fourth-order valence-electron chi connectivity index (χ4n) is 2.99. The van der Waals surface area contributed by atoms with E-state index in [1.807, 2.05) is 0 Å². The van der Waals surface area contributed by atoms with Gasteiger partial charge in [0.25, 0.3) is 0 Å². The summed E-state index contributed by atoms with van der Waals surface area (Å²) in [5, 5.41) is 14.2. The molecule has 7 heteroatoms. The summed E-state index contributed by atoms with van der Waals surface area (Å²) in [6.07, 6.45) is 5.56. The summed E-state index contributed by atoms with van der Waals surface area (Å²) in [5.41, 5.74) is -0.193. The maximum absolute atomic E-state index is 12.3. The Kier molecular flexibility index (Phi) is 4.33. The molecule has 1 fully saturated rings. The second-order valence-corrected chi connectivity index (χ2v) is 6.50. The second-order valence-electron chi connectivity index (χ2n) is 6.50. The molecule has 2 aliphatic rings. The third kappa shape index (κ3) is 3.24. The number of carbonyl (C=O) groups excluding carboxylic acids is 1. The Hall–Kier alpha value is -1.63. The van der Waals surface area contributed by atoms with E-state index in [1.165, 1.54) is 9.58 Å². The molecule has 3 rings (SSSR count). The molecular formula is C15H24N4O3. The summed E-state index contributed by atoms with van der Waals surface area (Å²) in [4.78, 5) is 26.0. The molecule has 2 heterocycles. The largest absolute Gasteiger partial charge is 0.391 e. The van der Waals surface area contributed by atoms with Crippen LogP contribution in [0.2, 0.25) is 0 Å². The molecule has 0 spiro atoms. The van der Waals surface area contributed by atoms with E-state index in [9.17, 15) is 14.7 Å². The average Bonchev–Trinajstić information content (AvgIpc) is 3.30. The van der Waals surface area contributed by atoms with E-state index < -0.39 is 6.10 Å². The topological polar surface area (TPSA) is 80.4 Å². The molecule has 7 nitrogen and oxygen atoms in total. The van der Waals surface area contributed by atoms with Crippen LogP contribution in [0.5, 0.6) is 0 Å². The third-order valence-corrected chi connectivity index (χ3v) is 4.62. The van der Waals surface area contributed by atoms with Gasteiger partial charge in [-0.3, -0.25) is 9.36 Å². The lowest BCUT2D eigenvalue weighted by atomic mass is 10.2. The van der Waals surface area contributed by atoms with E-state index in [0.717, 1.165) is 44.3 Å². The Morgan fingerprint density at radius 1 is 1.41 bits per heavy atom. The first-order valence-corrected chi connectivity index (χ1v) is 8.15. The van der Waals surface area contributed by atoms with Crippen LogP contribution in [-0.2, 0) is 24.3 Å². The van der Waals surface area contributed by atoms with Gasteiger partial charge in [-0.15, -0.1) is 0 Å². The number of fused-ring (bicyclic) bond motifs is 1. The third-order valence-electron chi connectivity index (χ3n) is 4.62. The van der Waals surface area contributed by atoms with Crippen molar-refractivity contribution in [3.8, 4) is 0 Å². The molecule has 1 amide bonds. The van der Waals surface area contributed by atoms with Gasteiger partial charge >= 0.3 is 5.69 Å². The number of aryl methyl sites for hydroxylation is 1. The van der Waals surface area contributed by atoms with Gasteiger partial charge in [0.05, 0.1) is 6.10 Å². The van der Waals surface area contributed by atoms with Crippen molar-refractivity contribution in [3.63, 3.8) is 0 Å². The molecule has 1 unspecified atom stereocenters. The zero-order valence-corrected chi connectivity index (χ0v) is 13.1. The molecule has 1 aliphatic carbocycles. The van der Waals surface area contributed by atoms with E-state index in [2.05, 4.69) is 5.10 Å². The van der Waals surface area contributed by atoms with Crippen molar-refractivity contribution in [2.45, 2.75) is 57.7 Å². The SMILES string of the molecule is CN(CC(O)C1CC1)C(=O)Cn1nc2n(c1=O)CCCCC2. The smallest absolute Gasteiger partial charge is 0.346 e. The van der Waals surface area contributed by atoms with Gasteiger partial charge in [0.15, 0.2) is 0 Å². The molecule has 1 aromatic heterocycles. The van der Waals surface area contributed by atoms with Gasteiger partial charge in [-0.05, 0) is 31.6 Å². The van der Waals surface area contributed by atoms with Crippen LogP contribution in [0.4, 0.5) is 0 Å². The normalized spacial score (nSPS) is 19.4. The number of nitrogens with zero attached hydrogens (tertiary/aromatic N) is 4. The number of aliphatic hydroxyl groups is 1. The predicted molar refractivity (Wildman–Crippen MR) is 80.4 cm³/mol. The molecule has 1 N–H and O–H groups in total. The number of amides is 1. The second kappa shape index (κ2) is 6.24. The first kappa shape index (κ1) is 15.3. The molecule has 1 saturated carbocycles. The van der Waals surface area contributed by atoms with Crippen molar-refractivity contribution in [1.82, 2.24) is 19.2 Å². The molecule has 1 atom stereocenters. The molecule has 0 bridgehead atoms. The average molecular weight is 308 g/mol. The monoisotopic (exact) mass is 308 g/mol. The van der Waals surface area contributed by atoms with E-state index >= 15 is 0 Å². The quantitative estimate of drug-likeness (QED) is 0.830. The van der Waals surface area contributed by atoms with Crippen molar-refractivity contribution in [3.05, 3.63) is 16.3 Å². The van der Waals surface area contributed by atoms with Crippen LogP contribution in [0.25, 0.3) is 0 Å². The Bertz CT molecular complexity index is 602. The number of aliphatic hydroxyl groups excluding tert-OH is 1. The van der Waals surface area contributed by atoms with Gasteiger partial charge in [-0.1, -0.05) is 6.42 Å². The van der Waals surface area contributed by atoms with Crippen LogP contribution in [0.3, 0.4) is 0 Å². The lowest BCUT2D eigenvalue weighted by Crippen LogP contribution is -2.39. The van der Waals surface area contributed by atoms with Crippen molar-refractivity contribution in [2.75, 3.05) is 13.6 Å². The highest BCUT2D eigenvalue weighted by Crippen LogP contribution is 2.32. The molecule has 0 aromatic carbocycles. The van der Waals surface area contributed by atoms with Crippen LogP contribution in [0, 0.1) is 5.92 Å². The van der Waals surface area contributed by atoms with Gasteiger partial charge in [0.1, 0.15) is 12.4 Å². The lowest BCUT2D eigenvalue weighted by molar-refractivity contribution is -0.132. The van der Waals surface area contributed by atoms with Crippen molar-refractivity contribution in [1.29, 1.82) is 0 Å². The number of likely N-dealkylation sites (N-methyl/N-ethyl adjacent to an activating group) is 1. The van der Waals surface area contributed by atoms with Crippen LogP contribution in [0.1, 0.15) is 37.9 Å². The summed E-state index contributed by atoms with van der Waals surface area (Å²) in [6.45, 7) is 0.969. The van der Waals surface area contributed by atoms with E-state index in [4.69, 9.17) is 0 Å². The van der Waals surface area contributed by atoms with E-state index in [1.54, 1.807) is 11.6 Å². The molecule has 122 valence electrons. The molecule has 1 aliphatic heterocycles. The zero-order chi connectivity index (χ0) is 15.7. The van der Waals surface area contributed by atoms with Gasteiger partial charge < -0.3 is 10.0 Å². The van der Waals surface area contributed by atoms with E-state index in [-0.39, 0.29) is 18.1 Å². The van der Waals surface area contributed by atoms with Crippen molar-refractivity contribution < 1.29 is 9.90 Å². The van der Waals surface area contributed by atoms with Gasteiger partial charge in [0, 0.05) is 26.6 Å². The molecular weight excluding hydrogens is 284 g/mol. The Balaban J connectivity index is 1.64. The zero-order valence-electron chi connectivity index (χ0n) is 13.1. The molecule has 1 aromatic rings. The van der Waals surface area contributed by atoms with Crippen molar-refractivity contribution in [2.24, 2.45) is 5.92 Å². The standard InChI is InChI=1S/C15H24N4O3/c1-17(9-12(20)11-6-7-11)14(21)10-19-15(22)18-8-4-2-3-5-13(18)16-19/h11-12,20H,2-10H2,1H3. The number of hydrogen-bond donors (Lipinski definition) is 1. The van der Waals surface area contributed by atoms with Gasteiger partial charge in [-0.25, -0.2) is 9.48 Å². The van der Waals surface area contributed by atoms with Gasteiger partial charge in [0.2, 0.25) is 5.91 Å². The maximum atomic E-state index is 12.3. The summed E-state index contributed by atoms with van der Waals surface area (Å²) < 4.78 is 2.96. The van der Waals surface area contributed by atoms with Crippen molar-refractivity contribution >= 4 is 5.91 Å². The highest BCUT2D eigenvalue weighted by Gasteiger charge is 2.31. The molecule has 0 saturated heterocycles. The summed E-state index contributed by atoms with van der Waals surface area (Å²) >= 11 is 0. The lowest BCUT2D eigenvalue weighted by Gasteiger charge is -2.20. The first-order chi connectivity index (χ1) is 10.6. The number of hydrogen-bond acceptors (Lipinski definition) is 4. The fraction of sp³-hybridized carbons (Fsp3) is 0.800. The van der Waals surface area contributed by atoms with E-state index in [0.29, 0.717) is 19.0 Å². The minimum atomic E-state index is -0.454. The van der Waals surface area contributed by atoms with Crippen LogP contribution < -0.4 is 5.69 Å². The maximum Gasteiger partial charge on any atom is 0.346 e. The van der Waals surface area contributed by atoms with Crippen LogP contribution >= 0.6 is 0 Å². The minimum absolute atomic E-state index is 0.0489. The first-order valence-electron chi connectivity index (χ1n) is 8.15. The number of carbonyl (C=O) groups is 1. The van der Waals surface area contributed by atoms with Crippen LogP contribution in [0.15, 0.2) is 4.79 Å². The predicted octanol–water partition coefficient (Wildman–Crippen LogP) is 0.000500. The summed E-state index contributed by atoms with van der Waals surface area (Å²) in [5.74, 6) is 0.938. The Morgan fingerprint density at radius 2 is 2.18 bits per heavy atom. The molecule has 22 heavy (non-hydrogen) atoms. The Labute approximate surface area is 129 Å². The van der Waals surface area contributed by atoms with Crippen LogP contribution in [-0.4, -0.2) is 50.0 Å². The highest BCUT2D eigenvalue weighted by atomic mass is 16.3. The summed E-state index contributed by atoms with van der Waals surface area (Å²) in [6, 6.07) is 0. The minimum Gasteiger partial charge on any atom is -0.391 e. The number of rotatable bonds is 5. The summed E-state index contributed by atoms with van der Waals surface area (Å²) in [7, 11) is 1.67. The van der Waals surface area contributed by atoms with Gasteiger partial charge in [-0.2, -0.15) is 5.10 Å². The number of aromatic nitrogens is 3.